The summed E-state index contributed by atoms with van der Waals surface area (Å²) in [6, 6.07) is 0. The number of rotatable bonds is 5. The zero-order chi connectivity index (χ0) is 13.0. The quantitative estimate of drug-likeness (QED) is 0.836. The van der Waals surface area contributed by atoms with Gasteiger partial charge in [-0.1, -0.05) is 0 Å². The van der Waals surface area contributed by atoms with E-state index >= 15 is 0 Å². The Morgan fingerprint density at radius 3 is 2.94 bits per heavy atom. The number of ether oxygens (including phenoxy) is 1. The van der Waals surface area contributed by atoms with Crippen LogP contribution in [0.3, 0.4) is 0 Å². The van der Waals surface area contributed by atoms with Gasteiger partial charge in [0.1, 0.15) is 6.54 Å². The van der Waals surface area contributed by atoms with Crippen LogP contribution in [0.2, 0.25) is 0 Å². The molecule has 0 unspecified atom stereocenters. The molecule has 18 heavy (non-hydrogen) atoms. The smallest absolute Gasteiger partial charge is 0.325 e. The highest BCUT2D eigenvalue weighted by Gasteiger charge is 2.17. The molecular weight excluding hydrogens is 234 g/mol. The zero-order valence-corrected chi connectivity index (χ0v) is 10.6. The summed E-state index contributed by atoms with van der Waals surface area (Å²) >= 11 is 0. The van der Waals surface area contributed by atoms with Gasteiger partial charge in [-0.15, -0.1) is 0 Å². The van der Waals surface area contributed by atoms with Crippen molar-refractivity contribution in [2.24, 2.45) is 5.92 Å². The maximum Gasteiger partial charge on any atom is 0.325 e. The number of carboxylic acid groups (broad SMARTS) is 1. The molecule has 0 aliphatic carbocycles. The molecule has 0 radical (unpaired) electrons. The first-order valence-corrected chi connectivity index (χ1v) is 6.19. The fraction of sp³-hybridized carbons (Fsp3) is 0.667. The minimum atomic E-state index is -0.903. The number of hydrogen-bond acceptors (Lipinski definition) is 4. The zero-order valence-electron chi connectivity index (χ0n) is 10.6. The third kappa shape index (κ3) is 3.73. The average molecular weight is 253 g/mol. The predicted molar refractivity (Wildman–Crippen MR) is 65.6 cm³/mol. The van der Waals surface area contributed by atoms with Crippen LogP contribution in [0.1, 0.15) is 12.8 Å². The molecule has 0 amide bonds. The molecule has 100 valence electrons. The first kappa shape index (κ1) is 12.9. The molecule has 1 N–H and O–H groups in total. The van der Waals surface area contributed by atoms with E-state index in [0.717, 1.165) is 25.9 Å². The van der Waals surface area contributed by atoms with E-state index in [9.17, 15) is 4.79 Å². The molecule has 0 atom stereocenters. The molecule has 1 fully saturated rings. The maximum atomic E-state index is 10.5. The van der Waals surface area contributed by atoms with Crippen molar-refractivity contribution >= 4 is 5.97 Å². The van der Waals surface area contributed by atoms with Gasteiger partial charge in [-0.05, 0) is 38.9 Å². The van der Waals surface area contributed by atoms with Crippen molar-refractivity contribution in [3.05, 3.63) is 12.4 Å². The van der Waals surface area contributed by atoms with Crippen molar-refractivity contribution in [2.75, 3.05) is 26.7 Å². The van der Waals surface area contributed by atoms with Crippen molar-refractivity contribution < 1.29 is 14.6 Å². The van der Waals surface area contributed by atoms with Gasteiger partial charge < -0.3 is 14.7 Å². The summed E-state index contributed by atoms with van der Waals surface area (Å²) in [5.41, 5.74) is 0. The molecule has 1 aromatic rings. The number of carboxylic acids is 1. The van der Waals surface area contributed by atoms with Gasteiger partial charge in [-0.2, -0.15) is 5.10 Å². The van der Waals surface area contributed by atoms with Crippen molar-refractivity contribution in [3.8, 4) is 5.75 Å². The van der Waals surface area contributed by atoms with Crippen molar-refractivity contribution in [3.63, 3.8) is 0 Å². The lowest BCUT2D eigenvalue weighted by Crippen LogP contribution is -2.32. The van der Waals surface area contributed by atoms with Crippen LogP contribution in [0, 0.1) is 5.92 Å². The molecule has 6 heteroatoms. The summed E-state index contributed by atoms with van der Waals surface area (Å²) in [5, 5.41) is 12.6. The number of nitrogens with zero attached hydrogens (tertiary/aromatic N) is 3. The molecule has 6 nitrogen and oxygen atoms in total. The van der Waals surface area contributed by atoms with Crippen LogP contribution in [0.4, 0.5) is 0 Å². The van der Waals surface area contributed by atoms with Crippen molar-refractivity contribution in [2.45, 2.75) is 19.4 Å². The van der Waals surface area contributed by atoms with E-state index in [4.69, 9.17) is 9.84 Å². The fourth-order valence-electron chi connectivity index (χ4n) is 2.09. The van der Waals surface area contributed by atoms with Crippen molar-refractivity contribution in [1.82, 2.24) is 14.7 Å². The first-order valence-electron chi connectivity index (χ1n) is 6.19. The highest BCUT2D eigenvalue weighted by molar-refractivity contribution is 5.66. The van der Waals surface area contributed by atoms with E-state index in [-0.39, 0.29) is 6.54 Å². The maximum absolute atomic E-state index is 10.5. The molecule has 1 saturated heterocycles. The van der Waals surface area contributed by atoms with Crippen LogP contribution in [-0.4, -0.2) is 52.5 Å². The summed E-state index contributed by atoms with van der Waals surface area (Å²) in [6.45, 7) is 2.79. The van der Waals surface area contributed by atoms with Gasteiger partial charge >= 0.3 is 5.97 Å². The van der Waals surface area contributed by atoms with E-state index < -0.39 is 5.97 Å². The van der Waals surface area contributed by atoms with E-state index in [1.807, 2.05) is 0 Å². The van der Waals surface area contributed by atoms with Gasteiger partial charge in [-0.3, -0.25) is 9.48 Å². The molecule has 1 aliphatic rings. The van der Waals surface area contributed by atoms with E-state index in [2.05, 4.69) is 17.0 Å². The Morgan fingerprint density at radius 2 is 2.28 bits per heavy atom. The predicted octanol–water partition coefficient (Wildman–Crippen LogP) is 0.688. The van der Waals surface area contributed by atoms with E-state index in [1.54, 1.807) is 12.4 Å². The number of carbonyl (C=O) groups is 1. The van der Waals surface area contributed by atoms with Gasteiger partial charge in [0.05, 0.1) is 19.0 Å². The Kier molecular flexibility index (Phi) is 4.19. The van der Waals surface area contributed by atoms with E-state index in [1.165, 1.54) is 4.68 Å². The second-order valence-corrected chi connectivity index (χ2v) is 4.83. The van der Waals surface area contributed by atoms with Crippen LogP contribution in [-0.2, 0) is 11.3 Å². The third-order valence-electron chi connectivity index (χ3n) is 3.23. The second kappa shape index (κ2) is 5.86. The Labute approximate surface area is 106 Å². The highest BCUT2D eigenvalue weighted by Crippen LogP contribution is 2.18. The Morgan fingerprint density at radius 1 is 1.56 bits per heavy atom. The molecule has 1 aliphatic heterocycles. The normalized spacial score (nSPS) is 17.8. The van der Waals surface area contributed by atoms with Gasteiger partial charge in [0.25, 0.3) is 0 Å². The molecule has 0 saturated carbocycles. The first-order chi connectivity index (χ1) is 8.63. The molecule has 2 rings (SSSR count). The Bertz CT molecular complexity index is 397. The monoisotopic (exact) mass is 253 g/mol. The van der Waals surface area contributed by atoms with Crippen LogP contribution < -0.4 is 4.74 Å². The molecule has 0 aromatic carbocycles. The number of hydrogen-bond donors (Lipinski definition) is 1. The molecule has 1 aromatic heterocycles. The molecule has 0 spiro atoms. The number of aromatic nitrogens is 2. The molecule has 0 bridgehead atoms. The summed E-state index contributed by atoms with van der Waals surface area (Å²) in [4.78, 5) is 12.8. The molecule has 2 heterocycles. The Hall–Kier alpha value is -1.56. The lowest BCUT2D eigenvalue weighted by atomic mass is 9.98. The SMILES string of the molecule is CN1CCC(COc2cnn(CC(=O)O)c2)CC1. The summed E-state index contributed by atoms with van der Waals surface area (Å²) in [7, 11) is 2.13. The fourth-order valence-corrected chi connectivity index (χ4v) is 2.09. The Balaban J connectivity index is 1.76. The highest BCUT2D eigenvalue weighted by atomic mass is 16.5. The third-order valence-corrected chi connectivity index (χ3v) is 3.23. The van der Waals surface area contributed by atoms with Gasteiger partial charge in [0.2, 0.25) is 0 Å². The lowest BCUT2D eigenvalue weighted by molar-refractivity contribution is -0.137. The van der Waals surface area contributed by atoms with Crippen LogP contribution in [0.5, 0.6) is 5.75 Å². The topological polar surface area (TPSA) is 67.6 Å². The standard InChI is InChI=1S/C12H19N3O3/c1-14-4-2-10(3-5-14)9-18-11-6-13-15(7-11)8-12(16)17/h6-7,10H,2-5,8-9H2,1H3,(H,16,17). The van der Waals surface area contributed by atoms with Crippen LogP contribution in [0.25, 0.3) is 0 Å². The molecular formula is C12H19N3O3. The number of piperidine rings is 1. The lowest BCUT2D eigenvalue weighted by Gasteiger charge is -2.28. The summed E-state index contributed by atoms with van der Waals surface area (Å²) < 4.78 is 7.02. The van der Waals surface area contributed by atoms with Crippen LogP contribution >= 0.6 is 0 Å². The minimum Gasteiger partial charge on any atom is -0.490 e. The average Bonchev–Trinajstić information content (AvgIpc) is 2.75. The van der Waals surface area contributed by atoms with Crippen LogP contribution in [0.15, 0.2) is 12.4 Å². The largest absolute Gasteiger partial charge is 0.490 e. The van der Waals surface area contributed by atoms with Gasteiger partial charge in [0, 0.05) is 0 Å². The van der Waals surface area contributed by atoms with Gasteiger partial charge in [-0.25, -0.2) is 0 Å². The van der Waals surface area contributed by atoms with Crippen molar-refractivity contribution in [1.29, 1.82) is 0 Å². The number of likely N-dealkylation sites (tertiary alicyclic amines) is 1. The van der Waals surface area contributed by atoms with E-state index in [0.29, 0.717) is 18.3 Å². The summed E-state index contributed by atoms with van der Waals surface area (Å²) in [5.74, 6) is 0.333. The van der Waals surface area contributed by atoms with Gasteiger partial charge in [0.15, 0.2) is 5.75 Å². The summed E-state index contributed by atoms with van der Waals surface area (Å²) in [6.07, 6.45) is 5.50. The second-order valence-electron chi connectivity index (χ2n) is 4.83. The number of aliphatic carboxylic acids is 1. The minimum absolute atomic E-state index is 0.127.